The average Bonchev–Trinajstić information content (AvgIpc) is 2.69. The second kappa shape index (κ2) is 8.09. The van der Waals surface area contributed by atoms with Crippen molar-refractivity contribution < 1.29 is 14.3 Å². The fourth-order valence-electron chi connectivity index (χ4n) is 2.75. The Bertz CT molecular complexity index is 766. The molecule has 0 atom stereocenters. The summed E-state index contributed by atoms with van der Waals surface area (Å²) in [6, 6.07) is 3.06. The zero-order chi connectivity index (χ0) is 18.5. The summed E-state index contributed by atoms with van der Waals surface area (Å²) in [5.74, 6) is 1.79. The summed E-state index contributed by atoms with van der Waals surface area (Å²) in [6.45, 7) is 2.53. The fourth-order valence-corrected chi connectivity index (χ4v) is 2.99. The SMILES string of the molecule is COc1cc(OC)c(NC(=O)N2CCN(c3cnccn3)CC2)cc1Cl. The number of nitrogens with one attached hydrogen (secondary N) is 1. The number of piperazine rings is 1. The van der Waals surface area contributed by atoms with Crippen LogP contribution in [0.3, 0.4) is 0 Å². The van der Waals surface area contributed by atoms with Gasteiger partial charge >= 0.3 is 6.03 Å². The van der Waals surface area contributed by atoms with Crippen LogP contribution in [0.25, 0.3) is 0 Å². The molecular weight excluding hydrogens is 358 g/mol. The number of aromatic nitrogens is 2. The van der Waals surface area contributed by atoms with Crippen molar-refractivity contribution >= 4 is 29.1 Å². The molecule has 1 aliphatic rings. The number of ether oxygens (including phenoxy) is 2. The van der Waals surface area contributed by atoms with Crippen LogP contribution in [0, 0.1) is 0 Å². The number of methoxy groups -OCH3 is 2. The number of rotatable bonds is 4. The summed E-state index contributed by atoms with van der Waals surface area (Å²) in [6.07, 6.45) is 5.02. The zero-order valence-corrected chi connectivity index (χ0v) is 15.4. The molecular formula is C17H20ClN5O3. The summed E-state index contributed by atoms with van der Waals surface area (Å²) in [7, 11) is 3.05. The Labute approximate surface area is 156 Å². The molecule has 0 spiro atoms. The maximum Gasteiger partial charge on any atom is 0.322 e. The molecule has 2 amide bonds. The summed E-state index contributed by atoms with van der Waals surface area (Å²) >= 11 is 6.15. The Morgan fingerprint density at radius 3 is 2.46 bits per heavy atom. The standard InChI is InChI=1S/C17H20ClN5O3/c1-25-14-10-15(26-2)13(9-12(14)18)21-17(24)23-7-5-22(6-8-23)16-11-19-3-4-20-16/h3-4,9-11H,5-8H2,1-2H3,(H,21,24). The van der Waals surface area contributed by atoms with Gasteiger partial charge in [0.15, 0.2) is 0 Å². The summed E-state index contributed by atoms with van der Waals surface area (Å²) in [5, 5.41) is 3.25. The van der Waals surface area contributed by atoms with Crippen molar-refractivity contribution in [3.8, 4) is 11.5 Å². The van der Waals surface area contributed by atoms with E-state index >= 15 is 0 Å². The lowest BCUT2D eigenvalue weighted by molar-refractivity contribution is 0.208. The smallest absolute Gasteiger partial charge is 0.322 e. The highest BCUT2D eigenvalue weighted by Crippen LogP contribution is 2.36. The molecule has 1 saturated heterocycles. The van der Waals surface area contributed by atoms with Crippen molar-refractivity contribution in [2.45, 2.75) is 0 Å². The number of anilines is 2. The molecule has 0 radical (unpaired) electrons. The number of hydrogen-bond donors (Lipinski definition) is 1. The van der Waals surface area contributed by atoms with Gasteiger partial charge in [0.2, 0.25) is 0 Å². The number of carbonyl (C=O) groups is 1. The van der Waals surface area contributed by atoms with Crippen LogP contribution in [0.15, 0.2) is 30.7 Å². The molecule has 1 aliphatic heterocycles. The Morgan fingerprint density at radius 2 is 1.85 bits per heavy atom. The van der Waals surface area contributed by atoms with E-state index in [1.165, 1.54) is 14.2 Å². The Balaban J connectivity index is 1.64. The van der Waals surface area contributed by atoms with Gasteiger partial charge in [-0.3, -0.25) is 4.98 Å². The van der Waals surface area contributed by atoms with E-state index in [9.17, 15) is 4.79 Å². The monoisotopic (exact) mass is 377 g/mol. The highest BCUT2D eigenvalue weighted by Gasteiger charge is 2.23. The third-order valence-corrected chi connectivity index (χ3v) is 4.45. The number of amides is 2. The van der Waals surface area contributed by atoms with Crippen LogP contribution < -0.4 is 19.7 Å². The molecule has 1 N–H and O–H groups in total. The van der Waals surface area contributed by atoms with Crippen molar-refractivity contribution in [1.29, 1.82) is 0 Å². The van der Waals surface area contributed by atoms with E-state index in [1.54, 1.807) is 35.6 Å². The van der Waals surface area contributed by atoms with Gasteiger partial charge in [0.05, 0.1) is 31.1 Å². The Kier molecular flexibility index (Phi) is 5.62. The molecule has 138 valence electrons. The van der Waals surface area contributed by atoms with Gasteiger partial charge in [-0.1, -0.05) is 11.6 Å². The minimum Gasteiger partial charge on any atom is -0.495 e. The number of carbonyl (C=O) groups excluding carboxylic acids is 1. The minimum atomic E-state index is -0.205. The van der Waals surface area contributed by atoms with Crippen LogP contribution in [0.4, 0.5) is 16.3 Å². The molecule has 0 unspecified atom stereocenters. The number of urea groups is 1. The van der Waals surface area contributed by atoms with Crippen molar-refractivity contribution in [3.05, 3.63) is 35.7 Å². The topological polar surface area (TPSA) is 79.8 Å². The molecule has 0 saturated carbocycles. The highest BCUT2D eigenvalue weighted by atomic mass is 35.5. The van der Waals surface area contributed by atoms with E-state index in [0.717, 1.165) is 5.82 Å². The number of nitrogens with zero attached hydrogens (tertiary/aromatic N) is 4. The van der Waals surface area contributed by atoms with Gasteiger partial charge in [-0.2, -0.15) is 0 Å². The molecule has 1 fully saturated rings. The van der Waals surface area contributed by atoms with Gasteiger partial charge < -0.3 is 24.6 Å². The van der Waals surface area contributed by atoms with E-state index in [0.29, 0.717) is 48.4 Å². The van der Waals surface area contributed by atoms with Gasteiger partial charge in [-0.25, -0.2) is 9.78 Å². The van der Waals surface area contributed by atoms with Crippen LogP contribution in [0.1, 0.15) is 0 Å². The minimum absolute atomic E-state index is 0.205. The first-order valence-corrected chi connectivity index (χ1v) is 8.48. The molecule has 1 aromatic heterocycles. The Morgan fingerprint density at radius 1 is 1.12 bits per heavy atom. The van der Waals surface area contributed by atoms with E-state index in [-0.39, 0.29) is 6.03 Å². The maximum absolute atomic E-state index is 12.6. The summed E-state index contributed by atoms with van der Waals surface area (Å²) in [5.41, 5.74) is 0.500. The average molecular weight is 378 g/mol. The fraction of sp³-hybridized carbons (Fsp3) is 0.353. The molecule has 9 heteroatoms. The van der Waals surface area contributed by atoms with Crippen LogP contribution in [-0.2, 0) is 0 Å². The van der Waals surface area contributed by atoms with Crippen LogP contribution in [-0.4, -0.2) is 61.3 Å². The molecule has 2 heterocycles. The third-order valence-electron chi connectivity index (χ3n) is 4.16. The number of halogens is 1. The predicted molar refractivity (Wildman–Crippen MR) is 99.4 cm³/mol. The van der Waals surface area contributed by atoms with Crippen molar-refractivity contribution in [2.75, 3.05) is 50.6 Å². The van der Waals surface area contributed by atoms with Crippen LogP contribution in [0.5, 0.6) is 11.5 Å². The largest absolute Gasteiger partial charge is 0.495 e. The first-order valence-electron chi connectivity index (χ1n) is 8.10. The summed E-state index contributed by atoms with van der Waals surface area (Å²) < 4.78 is 10.5. The molecule has 1 aromatic carbocycles. The van der Waals surface area contributed by atoms with E-state index in [1.807, 2.05) is 0 Å². The predicted octanol–water partition coefficient (Wildman–Crippen LogP) is 2.50. The van der Waals surface area contributed by atoms with Gasteiger partial charge in [-0.15, -0.1) is 0 Å². The van der Waals surface area contributed by atoms with Crippen molar-refractivity contribution in [1.82, 2.24) is 14.9 Å². The lowest BCUT2D eigenvalue weighted by Crippen LogP contribution is -2.50. The lowest BCUT2D eigenvalue weighted by atomic mass is 10.2. The van der Waals surface area contributed by atoms with Crippen LogP contribution in [0.2, 0.25) is 5.02 Å². The molecule has 0 bridgehead atoms. The number of benzene rings is 1. The molecule has 0 aliphatic carbocycles. The van der Waals surface area contributed by atoms with E-state index < -0.39 is 0 Å². The molecule has 26 heavy (non-hydrogen) atoms. The van der Waals surface area contributed by atoms with Gasteiger partial charge in [0.25, 0.3) is 0 Å². The van der Waals surface area contributed by atoms with Gasteiger partial charge in [0, 0.05) is 44.6 Å². The van der Waals surface area contributed by atoms with Crippen molar-refractivity contribution in [2.24, 2.45) is 0 Å². The van der Waals surface area contributed by atoms with E-state index in [2.05, 4.69) is 20.2 Å². The second-order valence-corrected chi connectivity index (χ2v) is 6.06. The Hall–Kier alpha value is -2.74. The van der Waals surface area contributed by atoms with Gasteiger partial charge in [0.1, 0.15) is 17.3 Å². The summed E-state index contributed by atoms with van der Waals surface area (Å²) in [4.78, 5) is 24.8. The second-order valence-electron chi connectivity index (χ2n) is 5.65. The third kappa shape index (κ3) is 3.91. The van der Waals surface area contributed by atoms with Crippen LogP contribution >= 0.6 is 11.6 Å². The van der Waals surface area contributed by atoms with Crippen molar-refractivity contribution in [3.63, 3.8) is 0 Å². The molecule has 8 nitrogen and oxygen atoms in total. The van der Waals surface area contributed by atoms with E-state index in [4.69, 9.17) is 21.1 Å². The number of hydrogen-bond acceptors (Lipinski definition) is 6. The first-order chi connectivity index (χ1) is 12.6. The first kappa shape index (κ1) is 18.1. The highest BCUT2D eigenvalue weighted by molar-refractivity contribution is 6.32. The van der Waals surface area contributed by atoms with Gasteiger partial charge in [-0.05, 0) is 6.07 Å². The lowest BCUT2D eigenvalue weighted by Gasteiger charge is -2.35. The molecule has 2 aromatic rings. The maximum atomic E-state index is 12.6. The quantitative estimate of drug-likeness (QED) is 0.881. The normalized spacial score (nSPS) is 14.1. The zero-order valence-electron chi connectivity index (χ0n) is 14.6. The molecule has 3 rings (SSSR count).